The van der Waals surface area contributed by atoms with Gasteiger partial charge in [0.05, 0.1) is 0 Å². The number of rotatable bonds is 6. The van der Waals surface area contributed by atoms with Crippen LogP contribution >= 0.6 is 50.9 Å². The summed E-state index contributed by atoms with van der Waals surface area (Å²) >= 11 is 17.4. The van der Waals surface area contributed by atoms with Crippen LogP contribution in [0.2, 0.25) is 10.0 Å². The third-order valence-corrected chi connectivity index (χ3v) is 6.05. The predicted octanol–water partition coefficient (Wildman–Crippen LogP) is 6.32. The molecule has 1 unspecified atom stereocenters. The Bertz CT molecular complexity index is 882. The molecule has 0 radical (unpaired) electrons. The fourth-order valence-corrected chi connectivity index (χ4v) is 4.31. The van der Waals surface area contributed by atoms with Crippen molar-refractivity contribution in [3.8, 4) is 5.75 Å². The Hall–Kier alpha value is -1.21. The quantitative estimate of drug-likeness (QED) is 0.393. The van der Waals surface area contributed by atoms with Gasteiger partial charge in [0.1, 0.15) is 5.75 Å². The van der Waals surface area contributed by atoms with Gasteiger partial charge in [-0.1, -0.05) is 57.0 Å². The van der Waals surface area contributed by atoms with Crippen LogP contribution in [0.1, 0.15) is 24.4 Å². The summed E-state index contributed by atoms with van der Waals surface area (Å²) in [5, 5.41) is 10.6. The molecule has 0 saturated heterocycles. The van der Waals surface area contributed by atoms with Crippen molar-refractivity contribution in [2.24, 2.45) is 7.05 Å². The second-order valence-corrected chi connectivity index (χ2v) is 8.28. The lowest BCUT2D eigenvalue weighted by Gasteiger charge is -2.14. The van der Waals surface area contributed by atoms with Gasteiger partial charge in [-0.25, -0.2) is 0 Å². The van der Waals surface area contributed by atoms with Crippen LogP contribution in [-0.4, -0.2) is 14.8 Å². The van der Waals surface area contributed by atoms with Gasteiger partial charge in [-0.05, 0) is 48.9 Å². The molecule has 0 N–H and O–H groups in total. The first-order valence-electron chi connectivity index (χ1n) is 7.83. The molecule has 0 aliphatic carbocycles. The highest BCUT2D eigenvalue weighted by Crippen LogP contribution is 2.31. The van der Waals surface area contributed by atoms with Crippen LogP contribution in [0, 0.1) is 0 Å². The molecule has 0 bridgehead atoms. The van der Waals surface area contributed by atoms with E-state index in [1.165, 1.54) is 11.8 Å². The molecule has 2 aromatic carbocycles. The van der Waals surface area contributed by atoms with Gasteiger partial charge in [0.25, 0.3) is 0 Å². The first-order chi connectivity index (χ1) is 12.5. The molecule has 1 atom stereocenters. The van der Waals surface area contributed by atoms with Crippen LogP contribution in [0.4, 0.5) is 0 Å². The molecule has 3 rings (SSSR count). The van der Waals surface area contributed by atoms with E-state index in [-0.39, 0.29) is 6.10 Å². The van der Waals surface area contributed by atoms with E-state index in [2.05, 4.69) is 26.1 Å². The lowest BCUT2D eigenvalue weighted by atomic mass is 10.2. The van der Waals surface area contributed by atoms with E-state index in [9.17, 15) is 0 Å². The molecule has 136 valence electrons. The van der Waals surface area contributed by atoms with Gasteiger partial charge in [0.2, 0.25) is 0 Å². The van der Waals surface area contributed by atoms with Gasteiger partial charge in [0, 0.05) is 27.3 Å². The second kappa shape index (κ2) is 8.65. The van der Waals surface area contributed by atoms with Gasteiger partial charge in [0.15, 0.2) is 17.1 Å². The summed E-state index contributed by atoms with van der Waals surface area (Å²) in [6.07, 6.45) is -0.230. The molecule has 0 amide bonds. The summed E-state index contributed by atoms with van der Waals surface area (Å²) in [5.41, 5.74) is 0.893. The molecule has 26 heavy (non-hydrogen) atoms. The zero-order chi connectivity index (χ0) is 18.7. The molecule has 4 nitrogen and oxygen atoms in total. The minimum atomic E-state index is -0.230. The Morgan fingerprint density at radius 1 is 1.12 bits per heavy atom. The first-order valence-corrected chi connectivity index (χ1v) is 10.4. The van der Waals surface area contributed by atoms with Crippen LogP contribution in [-0.2, 0) is 12.8 Å². The van der Waals surface area contributed by atoms with Crippen LogP contribution in [0.15, 0.2) is 52.1 Å². The summed E-state index contributed by atoms with van der Waals surface area (Å²) in [4.78, 5) is 0. The zero-order valence-corrected chi connectivity index (χ0v) is 18.0. The van der Waals surface area contributed by atoms with Crippen molar-refractivity contribution in [1.82, 2.24) is 14.8 Å². The number of thioether (sulfide) groups is 1. The topological polar surface area (TPSA) is 39.9 Å². The van der Waals surface area contributed by atoms with E-state index in [1.54, 1.807) is 0 Å². The molecule has 0 spiro atoms. The average molecular weight is 473 g/mol. The molecule has 0 saturated carbocycles. The van der Waals surface area contributed by atoms with Crippen molar-refractivity contribution in [3.63, 3.8) is 0 Å². The van der Waals surface area contributed by atoms with Crippen LogP contribution in [0.25, 0.3) is 0 Å². The molecule has 1 aromatic heterocycles. The fourth-order valence-electron chi connectivity index (χ4n) is 2.38. The highest BCUT2D eigenvalue weighted by atomic mass is 79.9. The van der Waals surface area contributed by atoms with Gasteiger partial charge in [-0.15, -0.1) is 10.2 Å². The van der Waals surface area contributed by atoms with Crippen molar-refractivity contribution < 1.29 is 4.74 Å². The molecule has 0 fully saturated rings. The Morgan fingerprint density at radius 3 is 2.42 bits per heavy atom. The van der Waals surface area contributed by atoms with E-state index < -0.39 is 0 Å². The summed E-state index contributed by atoms with van der Waals surface area (Å²) in [7, 11) is 1.92. The SMILES string of the molecule is CC(Oc1ccc(Br)cc1)c1nnc(SCc2c(Cl)cccc2Cl)n1C. The van der Waals surface area contributed by atoms with Gasteiger partial charge >= 0.3 is 0 Å². The Balaban J connectivity index is 1.70. The van der Waals surface area contributed by atoms with E-state index in [0.29, 0.717) is 15.8 Å². The zero-order valence-electron chi connectivity index (χ0n) is 14.1. The third kappa shape index (κ3) is 4.55. The minimum absolute atomic E-state index is 0.230. The summed E-state index contributed by atoms with van der Waals surface area (Å²) in [6, 6.07) is 13.2. The lowest BCUT2D eigenvalue weighted by Crippen LogP contribution is -2.10. The Kier molecular flexibility index (Phi) is 6.51. The number of hydrogen-bond acceptors (Lipinski definition) is 4. The largest absolute Gasteiger partial charge is 0.483 e. The van der Waals surface area contributed by atoms with Crippen LogP contribution < -0.4 is 4.74 Å². The first kappa shape index (κ1) is 19.5. The predicted molar refractivity (Wildman–Crippen MR) is 110 cm³/mol. The molecule has 8 heteroatoms. The Labute approximate surface area is 175 Å². The third-order valence-electron chi connectivity index (χ3n) is 3.77. The molecule has 0 aliphatic heterocycles. The molecule has 3 aromatic rings. The summed E-state index contributed by atoms with van der Waals surface area (Å²) < 4.78 is 8.89. The average Bonchev–Trinajstić information content (AvgIpc) is 2.97. The van der Waals surface area contributed by atoms with E-state index >= 15 is 0 Å². The number of nitrogens with zero attached hydrogens (tertiary/aromatic N) is 3. The number of benzene rings is 2. The summed E-state index contributed by atoms with van der Waals surface area (Å²) in [6.45, 7) is 1.95. The normalized spacial score (nSPS) is 12.2. The monoisotopic (exact) mass is 471 g/mol. The maximum atomic E-state index is 6.23. The fraction of sp³-hybridized carbons (Fsp3) is 0.222. The molecular formula is C18H16BrCl2N3OS. The maximum absolute atomic E-state index is 6.23. The van der Waals surface area contributed by atoms with Crippen molar-refractivity contribution in [1.29, 1.82) is 0 Å². The highest BCUT2D eigenvalue weighted by molar-refractivity contribution is 9.10. The number of ether oxygens (including phenoxy) is 1. The lowest BCUT2D eigenvalue weighted by molar-refractivity contribution is 0.211. The molecule has 1 heterocycles. The molecular weight excluding hydrogens is 457 g/mol. The van der Waals surface area contributed by atoms with Crippen molar-refractivity contribution in [2.45, 2.75) is 23.9 Å². The maximum Gasteiger partial charge on any atom is 0.191 e. The standard InChI is InChI=1S/C18H16BrCl2N3OS/c1-11(25-13-8-6-12(19)7-9-13)17-22-23-18(24(17)2)26-10-14-15(20)4-3-5-16(14)21/h3-9,11H,10H2,1-2H3. The Morgan fingerprint density at radius 2 is 1.77 bits per heavy atom. The number of halogens is 3. The van der Waals surface area contributed by atoms with Crippen molar-refractivity contribution >= 4 is 50.9 Å². The van der Waals surface area contributed by atoms with Gasteiger partial charge < -0.3 is 9.30 Å². The van der Waals surface area contributed by atoms with E-state index in [4.69, 9.17) is 27.9 Å². The van der Waals surface area contributed by atoms with Crippen molar-refractivity contribution in [2.75, 3.05) is 0 Å². The van der Waals surface area contributed by atoms with E-state index in [1.807, 2.05) is 61.0 Å². The van der Waals surface area contributed by atoms with Crippen LogP contribution in [0.5, 0.6) is 5.75 Å². The highest BCUT2D eigenvalue weighted by Gasteiger charge is 2.18. The smallest absolute Gasteiger partial charge is 0.191 e. The number of aromatic nitrogens is 3. The van der Waals surface area contributed by atoms with Gasteiger partial charge in [-0.3, -0.25) is 0 Å². The van der Waals surface area contributed by atoms with Crippen LogP contribution in [0.3, 0.4) is 0 Å². The second-order valence-electron chi connectivity index (χ2n) is 5.60. The van der Waals surface area contributed by atoms with Gasteiger partial charge in [-0.2, -0.15) is 0 Å². The minimum Gasteiger partial charge on any atom is -0.483 e. The molecule has 0 aliphatic rings. The summed E-state index contributed by atoms with van der Waals surface area (Å²) in [5.74, 6) is 2.15. The van der Waals surface area contributed by atoms with E-state index in [0.717, 1.165) is 26.8 Å². The van der Waals surface area contributed by atoms with Crippen molar-refractivity contribution in [3.05, 3.63) is 68.4 Å². The number of hydrogen-bond donors (Lipinski definition) is 0.